The highest BCUT2D eigenvalue weighted by atomic mass is 32.1. The molecular formula is C22H22N4O2S. The fraction of sp³-hybridized carbons (Fsp3) is 0.227. The summed E-state index contributed by atoms with van der Waals surface area (Å²) in [5.74, 6) is 1.03. The number of pyridine rings is 1. The van der Waals surface area contributed by atoms with E-state index in [1.165, 1.54) is 0 Å². The van der Waals surface area contributed by atoms with E-state index < -0.39 is 0 Å². The predicted octanol–water partition coefficient (Wildman–Crippen LogP) is 3.43. The number of aromatic nitrogens is 1. The highest BCUT2D eigenvalue weighted by molar-refractivity contribution is 7.80. The van der Waals surface area contributed by atoms with Crippen molar-refractivity contribution in [2.75, 3.05) is 7.11 Å². The number of nitrogens with zero attached hydrogens (tertiary/aromatic N) is 1. The number of rotatable bonds is 5. The number of thiocarbonyl (C=S) groups is 1. The van der Waals surface area contributed by atoms with E-state index in [1.807, 2.05) is 54.6 Å². The van der Waals surface area contributed by atoms with Gasteiger partial charge in [-0.3, -0.25) is 20.6 Å². The number of hydrazine groups is 1. The molecule has 0 atom stereocenters. The summed E-state index contributed by atoms with van der Waals surface area (Å²) in [4.78, 5) is 17.5. The van der Waals surface area contributed by atoms with Crippen LogP contribution >= 0.6 is 12.2 Å². The Kier molecular flexibility index (Phi) is 5.57. The van der Waals surface area contributed by atoms with Crippen LogP contribution in [-0.4, -0.2) is 23.1 Å². The zero-order chi connectivity index (χ0) is 20.2. The molecule has 7 heteroatoms. The van der Waals surface area contributed by atoms with E-state index in [0.29, 0.717) is 23.1 Å². The maximum absolute atomic E-state index is 12.8. The minimum absolute atomic E-state index is 0.237. The molecule has 0 aliphatic heterocycles. The van der Waals surface area contributed by atoms with Gasteiger partial charge in [-0.2, -0.15) is 0 Å². The van der Waals surface area contributed by atoms with Crippen LogP contribution in [0.25, 0.3) is 10.9 Å². The Hall–Kier alpha value is -3.19. The minimum atomic E-state index is -0.237. The second kappa shape index (κ2) is 8.45. The molecule has 0 bridgehead atoms. The largest absolute Gasteiger partial charge is 0.497 e. The predicted molar refractivity (Wildman–Crippen MR) is 117 cm³/mol. The molecule has 29 heavy (non-hydrogen) atoms. The second-order valence-corrected chi connectivity index (χ2v) is 7.40. The lowest BCUT2D eigenvalue weighted by molar-refractivity contribution is 0.0945. The Bertz CT molecular complexity index is 1050. The van der Waals surface area contributed by atoms with Crippen LogP contribution in [0.4, 0.5) is 0 Å². The van der Waals surface area contributed by atoms with Gasteiger partial charge in [0.1, 0.15) is 5.75 Å². The standard InChI is InChI=1S/C22H22N4O2S/c1-28-16-10-6-14(7-11-16)13-23-22(29)26-25-21(27)18-12-20(15-8-9-15)24-19-5-3-2-4-17(18)19/h2-7,10-12,15H,8-9,13H2,1H3,(H,25,27)(H2,23,26,29). The molecule has 0 radical (unpaired) electrons. The Morgan fingerprint density at radius 1 is 1.14 bits per heavy atom. The summed E-state index contributed by atoms with van der Waals surface area (Å²) >= 11 is 5.27. The number of ether oxygens (including phenoxy) is 1. The van der Waals surface area contributed by atoms with Gasteiger partial charge < -0.3 is 10.1 Å². The average molecular weight is 407 g/mol. The molecule has 1 saturated carbocycles. The van der Waals surface area contributed by atoms with Crippen LogP contribution < -0.4 is 20.9 Å². The fourth-order valence-corrected chi connectivity index (χ4v) is 3.25. The van der Waals surface area contributed by atoms with E-state index in [2.05, 4.69) is 16.2 Å². The van der Waals surface area contributed by atoms with Crippen molar-refractivity contribution in [2.45, 2.75) is 25.3 Å². The van der Waals surface area contributed by atoms with E-state index in [1.54, 1.807) is 7.11 Å². The number of benzene rings is 2. The number of carbonyl (C=O) groups excluding carboxylic acids is 1. The Morgan fingerprint density at radius 2 is 1.90 bits per heavy atom. The fourth-order valence-electron chi connectivity index (χ4n) is 3.12. The van der Waals surface area contributed by atoms with E-state index in [0.717, 1.165) is 40.8 Å². The van der Waals surface area contributed by atoms with Gasteiger partial charge in [0, 0.05) is 23.5 Å². The first kappa shape index (κ1) is 19.1. The van der Waals surface area contributed by atoms with Gasteiger partial charge in [-0.05, 0) is 54.9 Å². The molecule has 1 heterocycles. The van der Waals surface area contributed by atoms with Gasteiger partial charge in [0.15, 0.2) is 5.11 Å². The van der Waals surface area contributed by atoms with Crippen molar-refractivity contribution in [1.29, 1.82) is 0 Å². The molecule has 3 aromatic rings. The molecule has 6 nitrogen and oxygen atoms in total. The number of methoxy groups -OCH3 is 1. The van der Waals surface area contributed by atoms with Gasteiger partial charge in [0.25, 0.3) is 5.91 Å². The number of fused-ring (bicyclic) bond motifs is 1. The molecule has 4 rings (SSSR count). The van der Waals surface area contributed by atoms with Crippen LogP contribution in [0, 0.1) is 0 Å². The molecular weight excluding hydrogens is 384 g/mol. The monoisotopic (exact) mass is 406 g/mol. The maximum atomic E-state index is 12.8. The lowest BCUT2D eigenvalue weighted by atomic mass is 10.1. The quantitative estimate of drug-likeness (QED) is 0.445. The lowest BCUT2D eigenvalue weighted by Crippen LogP contribution is -2.46. The zero-order valence-corrected chi connectivity index (χ0v) is 16.9. The molecule has 3 N–H and O–H groups in total. The molecule has 1 amide bonds. The van der Waals surface area contributed by atoms with Gasteiger partial charge in [-0.15, -0.1) is 0 Å². The lowest BCUT2D eigenvalue weighted by Gasteiger charge is -2.13. The van der Waals surface area contributed by atoms with Gasteiger partial charge in [-0.1, -0.05) is 30.3 Å². The minimum Gasteiger partial charge on any atom is -0.497 e. The Morgan fingerprint density at radius 3 is 2.62 bits per heavy atom. The maximum Gasteiger partial charge on any atom is 0.270 e. The van der Waals surface area contributed by atoms with Crippen molar-refractivity contribution in [3.05, 3.63) is 71.4 Å². The third-order valence-electron chi connectivity index (χ3n) is 4.88. The smallest absolute Gasteiger partial charge is 0.270 e. The number of para-hydroxylation sites is 1. The van der Waals surface area contributed by atoms with Gasteiger partial charge >= 0.3 is 0 Å². The van der Waals surface area contributed by atoms with Gasteiger partial charge in [0.05, 0.1) is 18.2 Å². The zero-order valence-electron chi connectivity index (χ0n) is 16.1. The van der Waals surface area contributed by atoms with Crippen molar-refractivity contribution in [1.82, 2.24) is 21.2 Å². The molecule has 1 aliphatic carbocycles. The molecule has 0 spiro atoms. The number of hydrogen-bond donors (Lipinski definition) is 3. The third kappa shape index (κ3) is 4.63. The first-order chi connectivity index (χ1) is 14.1. The van der Waals surface area contributed by atoms with Crippen LogP contribution in [0.2, 0.25) is 0 Å². The molecule has 148 valence electrons. The van der Waals surface area contributed by atoms with Crippen molar-refractivity contribution in [2.24, 2.45) is 0 Å². The molecule has 0 saturated heterocycles. The second-order valence-electron chi connectivity index (χ2n) is 7.00. The van der Waals surface area contributed by atoms with Gasteiger partial charge in [-0.25, -0.2) is 0 Å². The molecule has 0 unspecified atom stereocenters. The van der Waals surface area contributed by atoms with E-state index in [-0.39, 0.29) is 5.91 Å². The number of nitrogens with one attached hydrogen (secondary N) is 3. The van der Waals surface area contributed by atoms with Crippen LogP contribution in [0.1, 0.15) is 40.4 Å². The van der Waals surface area contributed by atoms with E-state index in [9.17, 15) is 4.79 Å². The highest BCUT2D eigenvalue weighted by Gasteiger charge is 2.26. The van der Waals surface area contributed by atoms with Crippen LogP contribution in [0.5, 0.6) is 5.75 Å². The SMILES string of the molecule is COc1ccc(CNC(=S)NNC(=O)c2cc(C3CC3)nc3ccccc23)cc1. The molecule has 1 fully saturated rings. The molecule has 1 aromatic heterocycles. The van der Waals surface area contributed by atoms with Crippen molar-refractivity contribution < 1.29 is 9.53 Å². The van der Waals surface area contributed by atoms with Crippen molar-refractivity contribution in [3.8, 4) is 5.75 Å². The molecule has 2 aromatic carbocycles. The van der Waals surface area contributed by atoms with Crippen molar-refractivity contribution >= 4 is 34.1 Å². The normalized spacial score (nSPS) is 13.0. The summed E-state index contributed by atoms with van der Waals surface area (Å²) < 4.78 is 5.15. The Labute approximate surface area is 174 Å². The topological polar surface area (TPSA) is 75.3 Å². The first-order valence-electron chi connectivity index (χ1n) is 9.51. The summed E-state index contributed by atoms with van der Waals surface area (Å²) in [6.07, 6.45) is 2.26. The Balaban J connectivity index is 1.38. The van der Waals surface area contributed by atoms with Crippen LogP contribution in [0.3, 0.4) is 0 Å². The average Bonchev–Trinajstić information content (AvgIpc) is 3.61. The third-order valence-corrected chi connectivity index (χ3v) is 5.12. The van der Waals surface area contributed by atoms with E-state index >= 15 is 0 Å². The number of hydrogen-bond acceptors (Lipinski definition) is 4. The summed E-state index contributed by atoms with van der Waals surface area (Å²) in [6, 6.07) is 17.3. The summed E-state index contributed by atoms with van der Waals surface area (Å²) in [6.45, 7) is 0.537. The summed E-state index contributed by atoms with van der Waals surface area (Å²) in [7, 11) is 1.63. The summed E-state index contributed by atoms with van der Waals surface area (Å²) in [5.41, 5.74) is 8.94. The van der Waals surface area contributed by atoms with Gasteiger partial charge in [0.2, 0.25) is 0 Å². The van der Waals surface area contributed by atoms with E-state index in [4.69, 9.17) is 21.9 Å². The first-order valence-corrected chi connectivity index (χ1v) is 9.91. The number of carbonyl (C=O) groups is 1. The van der Waals surface area contributed by atoms with Crippen LogP contribution in [-0.2, 0) is 6.54 Å². The van der Waals surface area contributed by atoms with Crippen molar-refractivity contribution in [3.63, 3.8) is 0 Å². The summed E-state index contributed by atoms with van der Waals surface area (Å²) in [5, 5.41) is 4.24. The van der Waals surface area contributed by atoms with Crippen LogP contribution in [0.15, 0.2) is 54.6 Å². The number of amides is 1. The highest BCUT2D eigenvalue weighted by Crippen LogP contribution is 2.40. The molecule has 1 aliphatic rings.